The van der Waals surface area contributed by atoms with Gasteiger partial charge in [0.1, 0.15) is 11.6 Å². The lowest BCUT2D eigenvalue weighted by Gasteiger charge is -2.07. The molecule has 0 saturated heterocycles. The van der Waals surface area contributed by atoms with Crippen molar-refractivity contribution < 1.29 is 4.74 Å². The fourth-order valence-electron chi connectivity index (χ4n) is 1.27. The van der Waals surface area contributed by atoms with Crippen LogP contribution in [0.1, 0.15) is 11.1 Å². The zero-order valence-electron chi connectivity index (χ0n) is 9.21. The summed E-state index contributed by atoms with van der Waals surface area (Å²) in [6.45, 7) is 1.89. The van der Waals surface area contributed by atoms with Crippen LogP contribution in [0.15, 0.2) is 30.6 Å². The molecule has 0 saturated carbocycles. The molecule has 1 heterocycles. The number of benzene rings is 1. The number of aromatic nitrogens is 2. The molecule has 0 aliphatic rings. The molecule has 0 amide bonds. The summed E-state index contributed by atoms with van der Waals surface area (Å²) in [6, 6.07) is 7.26. The van der Waals surface area contributed by atoms with Crippen molar-refractivity contribution in [3.8, 4) is 17.7 Å². The van der Waals surface area contributed by atoms with E-state index in [0.717, 1.165) is 5.56 Å². The fraction of sp³-hybridized carbons (Fsp3) is 0.0833. The number of nitriles is 1. The Morgan fingerprint density at radius 2 is 2.12 bits per heavy atom. The lowest BCUT2D eigenvalue weighted by molar-refractivity contribution is 0.457. The third-order valence-corrected chi connectivity index (χ3v) is 2.18. The first kappa shape index (κ1) is 10.9. The van der Waals surface area contributed by atoms with Crippen molar-refractivity contribution >= 4 is 5.82 Å². The molecule has 1 aromatic carbocycles. The molecule has 0 aliphatic carbocycles. The van der Waals surface area contributed by atoms with Crippen LogP contribution in [0.3, 0.4) is 0 Å². The average Bonchev–Trinajstić information content (AvgIpc) is 2.35. The van der Waals surface area contributed by atoms with Crippen molar-refractivity contribution in [1.82, 2.24) is 9.97 Å². The summed E-state index contributed by atoms with van der Waals surface area (Å²) in [5.41, 5.74) is 6.88. The first-order valence-corrected chi connectivity index (χ1v) is 4.95. The molecule has 0 unspecified atom stereocenters. The Morgan fingerprint density at radius 1 is 1.29 bits per heavy atom. The molecular weight excluding hydrogens is 216 g/mol. The van der Waals surface area contributed by atoms with Crippen LogP contribution >= 0.6 is 0 Å². The van der Waals surface area contributed by atoms with Crippen molar-refractivity contribution in [2.24, 2.45) is 0 Å². The molecule has 2 N–H and O–H groups in total. The fourth-order valence-corrected chi connectivity index (χ4v) is 1.27. The van der Waals surface area contributed by atoms with E-state index in [1.54, 1.807) is 12.1 Å². The van der Waals surface area contributed by atoms with Gasteiger partial charge in [-0.25, -0.2) is 9.97 Å². The smallest absolute Gasteiger partial charge is 0.237 e. The molecule has 0 spiro atoms. The highest BCUT2D eigenvalue weighted by molar-refractivity contribution is 5.43. The summed E-state index contributed by atoms with van der Waals surface area (Å²) in [5, 5.41) is 8.81. The maximum absolute atomic E-state index is 8.81. The molecule has 0 fully saturated rings. The zero-order chi connectivity index (χ0) is 12.3. The van der Waals surface area contributed by atoms with E-state index in [1.807, 2.05) is 13.0 Å². The van der Waals surface area contributed by atoms with E-state index in [2.05, 4.69) is 16.0 Å². The summed E-state index contributed by atoms with van der Waals surface area (Å²) in [7, 11) is 0. The number of rotatable bonds is 2. The number of ether oxygens (including phenoxy) is 1. The van der Waals surface area contributed by atoms with Crippen molar-refractivity contribution in [2.45, 2.75) is 6.92 Å². The van der Waals surface area contributed by atoms with Gasteiger partial charge in [0.25, 0.3) is 0 Å². The first-order chi connectivity index (χ1) is 8.19. The predicted molar refractivity (Wildman–Crippen MR) is 62.4 cm³/mol. The molecule has 2 rings (SSSR count). The maximum Gasteiger partial charge on any atom is 0.237 e. The monoisotopic (exact) mass is 226 g/mol. The van der Waals surface area contributed by atoms with Crippen LogP contribution in [0.25, 0.3) is 0 Å². The summed E-state index contributed by atoms with van der Waals surface area (Å²) < 4.78 is 5.53. The van der Waals surface area contributed by atoms with Gasteiger partial charge in [-0.2, -0.15) is 5.26 Å². The number of anilines is 1. The SMILES string of the molecule is Cc1ccc(C#N)cc1Oc1cnc(N)cn1. The Kier molecular flexibility index (Phi) is 2.88. The standard InChI is InChI=1S/C12H10N4O/c1-8-2-3-9(5-13)4-10(8)17-12-7-15-11(14)6-16-12/h2-4,6-7H,1H3,(H2,14,15). The molecule has 5 heteroatoms. The van der Waals surface area contributed by atoms with Crippen molar-refractivity contribution in [2.75, 3.05) is 5.73 Å². The van der Waals surface area contributed by atoms with Crippen molar-refractivity contribution in [1.29, 1.82) is 5.26 Å². The Hall–Kier alpha value is -2.61. The molecule has 17 heavy (non-hydrogen) atoms. The summed E-state index contributed by atoms with van der Waals surface area (Å²) in [4.78, 5) is 7.85. The number of nitrogens with zero attached hydrogens (tertiary/aromatic N) is 3. The van der Waals surface area contributed by atoms with E-state index < -0.39 is 0 Å². The van der Waals surface area contributed by atoms with Crippen LogP contribution in [-0.4, -0.2) is 9.97 Å². The third kappa shape index (κ3) is 2.49. The van der Waals surface area contributed by atoms with Gasteiger partial charge in [-0.1, -0.05) is 6.07 Å². The number of nitrogen functional groups attached to an aromatic ring is 1. The Morgan fingerprint density at radius 3 is 2.76 bits per heavy atom. The van der Waals surface area contributed by atoms with Crippen LogP contribution < -0.4 is 10.5 Å². The van der Waals surface area contributed by atoms with E-state index in [9.17, 15) is 0 Å². The van der Waals surface area contributed by atoms with E-state index in [1.165, 1.54) is 12.4 Å². The van der Waals surface area contributed by atoms with E-state index >= 15 is 0 Å². The topological polar surface area (TPSA) is 84.8 Å². The normalized spacial score (nSPS) is 9.65. The van der Waals surface area contributed by atoms with E-state index in [0.29, 0.717) is 23.0 Å². The lowest BCUT2D eigenvalue weighted by Crippen LogP contribution is -1.95. The summed E-state index contributed by atoms with van der Waals surface area (Å²) >= 11 is 0. The molecular formula is C12H10N4O. The van der Waals surface area contributed by atoms with Gasteiger partial charge in [0.2, 0.25) is 5.88 Å². The minimum atomic E-state index is 0.333. The van der Waals surface area contributed by atoms with Crippen molar-refractivity contribution in [3.05, 3.63) is 41.7 Å². The Balaban J connectivity index is 2.29. The second kappa shape index (κ2) is 4.49. The van der Waals surface area contributed by atoms with Crippen LogP contribution in [0.5, 0.6) is 11.6 Å². The molecule has 0 aliphatic heterocycles. The highest BCUT2D eigenvalue weighted by Crippen LogP contribution is 2.24. The number of hydrogen-bond acceptors (Lipinski definition) is 5. The maximum atomic E-state index is 8.81. The minimum Gasteiger partial charge on any atom is -0.437 e. The van der Waals surface area contributed by atoms with Gasteiger partial charge in [0, 0.05) is 0 Å². The minimum absolute atomic E-state index is 0.333. The van der Waals surface area contributed by atoms with E-state index in [4.69, 9.17) is 15.7 Å². The second-order valence-electron chi connectivity index (χ2n) is 3.47. The average molecular weight is 226 g/mol. The second-order valence-corrected chi connectivity index (χ2v) is 3.47. The largest absolute Gasteiger partial charge is 0.437 e. The number of nitrogens with two attached hydrogens (primary N) is 1. The Bertz CT molecular complexity index is 572. The van der Waals surface area contributed by atoms with Crippen LogP contribution in [0, 0.1) is 18.3 Å². The van der Waals surface area contributed by atoms with Gasteiger partial charge < -0.3 is 10.5 Å². The molecule has 0 bridgehead atoms. The molecule has 0 atom stereocenters. The number of aryl methyl sites for hydroxylation is 1. The molecule has 84 valence electrons. The van der Waals surface area contributed by atoms with Gasteiger partial charge in [-0.05, 0) is 24.6 Å². The predicted octanol–water partition coefficient (Wildman–Crippen LogP) is 2.03. The number of hydrogen-bond donors (Lipinski definition) is 1. The Labute approximate surface area is 98.5 Å². The molecule has 1 aromatic heterocycles. The van der Waals surface area contributed by atoms with Gasteiger partial charge in [-0.3, -0.25) is 0 Å². The summed E-state index contributed by atoms with van der Waals surface area (Å²) in [6.07, 6.45) is 2.85. The molecule has 2 aromatic rings. The van der Waals surface area contributed by atoms with Crippen molar-refractivity contribution in [3.63, 3.8) is 0 Å². The van der Waals surface area contributed by atoms with Gasteiger partial charge in [0.15, 0.2) is 0 Å². The van der Waals surface area contributed by atoms with Crippen LogP contribution in [0.2, 0.25) is 0 Å². The van der Waals surface area contributed by atoms with Crippen LogP contribution in [0.4, 0.5) is 5.82 Å². The first-order valence-electron chi connectivity index (χ1n) is 4.95. The highest BCUT2D eigenvalue weighted by Gasteiger charge is 2.04. The molecule has 5 nitrogen and oxygen atoms in total. The quantitative estimate of drug-likeness (QED) is 0.846. The zero-order valence-corrected chi connectivity index (χ0v) is 9.21. The van der Waals surface area contributed by atoms with Gasteiger partial charge in [0.05, 0.1) is 24.0 Å². The highest BCUT2D eigenvalue weighted by atomic mass is 16.5. The lowest BCUT2D eigenvalue weighted by atomic mass is 10.1. The van der Waals surface area contributed by atoms with Crippen LogP contribution in [-0.2, 0) is 0 Å². The third-order valence-electron chi connectivity index (χ3n) is 2.18. The van der Waals surface area contributed by atoms with Gasteiger partial charge in [-0.15, -0.1) is 0 Å². The van der Waals surface area contributed by atoms with E-state index in [-0.39, 0.29) is 0 Å². The van der Waals surface area contributed by atoms with Gasteiger partial charge >= 0.3 is 0 Å². The summed E-state index contributed by atoms with van der Waals surface area (Å²) in [5.74, 6) is 1.26. The molecule has 0 radical (unpaired) electrons.